The van der Waals surface area contributed by atoms with E-state index < -0.39 is 5.24 Å². The maximum atomic E-state index is 10.6. The second-order valence-electron chi connectivity index (χ2n) is 5.60. The zero-order valence-corrected chi connectivity index (χ0v) is 12.7. The van der Waals surface area contributed by atoms with Gasteiger partial charge >= 0.3 is 0 Å². The Balaban J connectivity index is 3.03. The molecule has 0 fully saturated rings. The summed E-state index contributed by atoms with van der Waals surface area (Å²) in [5, 5.41) is 9.74. The summed E-state index contributed by atoms with van der Waals surface area (Å²) in [5.41, 5.74) is 2.58. The van der Waals surface area contributed by atoms with Gasteiger partial charge in [-0.05, 0) is 52.3 Å². The lowest BCUT2D eigenvalue weighted by molar-refractivity contribution is -0.116. The fourth-order valence-corrected chi connectivity index (χ4v) is 2.01. The standard InChI is InChI=1S/C15H21ClO3/c1-5-11-6-10(8-19-9-13(16)17)7-12(14(11)18)15(2,3)4/h6-7,18H,5,8-9H2,1-4H3. The average Bonchev–Trinajstić information content (AvgIpc) is 2.28. The number of hydrogen-bond donors (Lipinski definition) is 1. The quantitative estimate of drug-likeness (QED) is 0.841. The van der Waals surface area contributed by atoms with E-state index in [0.29, 0.717) is 12.4 Å². The molecule has 106 valence electrons. The average molecular weight is 285 g/mol. The molecule has 1 N–H and O–H groups in total. The third-order valence-electron chi connectivity index (χ3n) is 2.92. The van der Waals surface area contributed by atoms with Gasteiger partial charge in [0.05, 0.1) is 6.61 Å². The third kappa shape index (κ3) is 4.51. The van der Waals surface area contributed by atoms with Gasteiger partial charge in [0.2, 0.25) is 5.24 Å². The third-order valence-corrected chi connectivity index (χ3v) is 3.03. The van der Waals surface area contributed by atoms with Crippen LogP contribution in [0.15, 0.2) is 12.1 Å². The molecule has 0 aromatic heterocycles. The molecule has 0 saturated carbocycles. The Kier molecular flexibility index (Phi) is 5.39. The molecule has 0 radical (unpaired) electrons. The van der Waals surface area contributed by atoms with Crippen molar-refractivity contribution >= 4 is 16.8 Å². The molecule has 0 atom stereocenters. The number of phenolic OH excluding ortho intramolecular Hbond substituents is 1. The van der Waals surface area contributed by atoms with E-state index in [-0.39, 0.29) is 12.0 Å². The highest BCUT2D eigenvalue weighted by atomic mass is 35.5. The van der Waals surface area contributed by atoms with E-state index in [1.165, 1.54) is 0 Å². The first-order valence-electron chi connectivity index (χ1n) is 6.37. The molecule has 0 spiro atoms. The molecule has 4 heteroatoms. The molecule has 0 aliphatic heterocycles. The van der Waals surface area contributed by atoms with Gasteiger partial charge < -0.3 is 9.84 Å². The topological polar surface area (TPSA) is 46.5 Å². The summed E-state index contributed by atoms with van der Waals surface area (Å²) in [7, 11) is 0. The highest BCUT2D eigenvalue weighted by molar-refractivity contribution is 6.63. The van der Waals surface area contributed by atoms with Crippen LogP contribution in [0, 0.1) is 0 Å². The molecule has 0 bridgehead atoms. The number of rotatable bonds is 5. The van der Waals surface area contributed by atoms with Crippen LogP contribution in [-0.4, -0.2) is 17.0 Å². The fourth-order valence-electron chi connectivity index (χ4n) is 1.93. The zero-order valence-electron chi connectivity index (χ0n) is 11.9. The van der Waals surface area contributed by atoms with E-state index in [9.17, 15) is 9.90 Å². The number of halogens is 1. The van der Waals surface area contributed by atoms with Crippen LogP contribution in [0.3, 0.4) is 0 Å². The van der Waals surface area contributed by atoms with E-state index in [2.05, 4.69) is 20.8 Å². The largest absolute Gasteiger partial charge is 0.507 e. The van der Waals surface area contributed by atoms with E-state index in [1.807, 2.05) is 19.1 Å². The molecule has 0 aliphatic rings. The first-order valence-corrected chi connectivity index (χ1v) is 6.74. The molecule has 3 nitrogen and oxygen atoms in total. The second kappa shape index (κ2) is 6.40. The number of aryl methyl sites for hydroxylation is 1. The van der Waals surface area contributed by atoms with Crippen LogP contribution < -0.4 is 0 Å². The highest BCUT2D eigenvalue weighted by Crippen LogP contribution is 2.34. The number of benzene rings is 1. The van der Waals surface area contributed by atoms with Crippen LogP contribution in [0.1, 0.15) is 44.4 Å². The van der Waals surface area contributed by atoms with E-state index in [1.54, 1.807) is 0 Å². The van der Waals surface area contributed by atoms with Crippen molar-refractivity contribution in [2.24, 2.45) is 0 Å². The minimum atomic E-state index is -0.509. The Hall–Kier alpha value is -1.06. The smallest absolute Gasteiger partial charge is 0.247 e. The van der Waals surface area contributed by atoms with Crippen LogP contribution in [0.25, 0.3) is 0 Å². The van der Waals surface area contributed by atoms with Crippen LogP contribution in [-0.2, 0) is 28.0 Å². The lowest BCUT2D eigenvalue weighted by Crippen LogP contribution is -2.13. The summed E-state index contributed by atoms with van der Waals surface area (Å²) >= 11 is 5.23. The van der Waals surface area contributed by atoms with Crippen molar-refractivity contribution in [2.45, 2.75) is 46.1 Å². The Bertz CT molecular complexity index is 461. The van der Waals surface area contributed by atoms with Gasteiger partial charge in [0.25, 0.3) is 0 Å². The lowest BCUT2D eigenvalue weighted by Gasteiger charge is -2.23. The second-order valence-corrected chi connectivity index (χ2v) is 6.02. The van der Waals surface area contributed by atoms with Gasteiger partial charge in [-0.15, -0.1) is 0 Å². The molecule has 0 saturated heterocycles. The molecule has 0 heterocycles. The van der Waals surface area contributed by atoms with E-state index in [0.717, 1.165) is 23.1 Å². The van der Waals surface area contributed by atoms with Crippen molar-refractivity contribution in [2.75, 3.05) is 6.61 Å². The van der Waals surface area contributed by atoms with Gasteiger partial charge in [0.15, 0.2) is 0 Å². The van der Waals surface area contributed by atoms with Gasteiger partial charge in [0, 0.05) is 0 Å². The van der Waals surface area contributed by atoms with Crippen molar-refractivity contribution in [3.8, 4) is 5.75 Å². The fraction of sp³-hybridized carbons (Fsp3) is 0.533. The number of carbonyl (C=O) groups is 1. The Morgan fingerprint density at radius 1 is 1.37 bits per heavy atom. The summed E-state index contributed by atoms with van der Waals surface area (Å²) in [6.07, 6.45) is 0.747. The summed E-state index contributed by atoms with van der Waals surface area (Å²) in [6, 6.07) is 3.83. The summed E-state index contributed by atoms with van der Waals surface area (Å²) < 4.78 is 5.23. The molecule has 19 heavy (non-hydrogen) atoms. The number of ether oxygens (including phenoxy) is 1. The van der Waals surface area contributed by atoms with Crippen LogP contribution >= 0.6 is 11.6 Å². The van der Waals surface area contributed by atoms with Crippen molar-refractivity contribution in [1.29, 1.82) is 0 Å². The van der Waals surface area contributed by atoms with Crippen molar-refractivity contribution in [3.05, 3.63) is 28.8 Å². The van der Waals surface area contributed by atoms with E-state index in [4.69, 9.17) is 16.3 Å². The zero-order chi connectivity index (χ0) is 14.6. The van der Waals surface area contributed by atoms with Gasteiger partial charge in [-0.3, -0.25) is 4.79 Å². The molecular weight excluding hydrogens is 264 g/mol. The Morgan fingerprint density at radius 2 is 2.00 bits per heavy atom. The van der Waals surface area contributed by atoms with Crippen LogP contribution in [0.5, 0.6) is 5.75 Å². The summed E-state index contributed by atoms with van der Waals surface area (Å²) in [6.45, 7) is 8.36. The Labute approximate surface area is 119 Å². The van der Waals surface area contributed by atoms with Gasteiger partial charge in [-0.25, -0.2) is 0 Å². The number of hydrogen-bond acceptors (Lipinski definition) is 3. The summed E-state index contributed by atoms with van der Waals surface area (Å²) in [5.74, 6) is 0.354. The van der Waals surface area contributed by atoms with Gasteiger partial charge in [0.1, 0.15) is 12.4 Å². The molecule has 1 aromatic rings. The molecule has 1 aromatic carbocycles. The molecule has 0 amide bonds. The first kappa shape index (κ1) is 16.0. The van der Waals surface area contributed by atoms with Crippen molar-refractivity contribution in [3.63, 3.8) is 0 Å². The normalized spacial score (nSPS) is 11.6. The predicted molar refractivity (Wildman–Crippen MR) is 76.7 cm³/mol. The minimum Gasteiger partial charge on any atom is -0.507 e. The SMILES string of the molecule is CCc1cc(COCC(=O)Cl)cc(C(C)(C)C)c1O. The van der Waals surface area contributed by atoms with E-state index >= 15 is 0 Å². The van der Waals surface area contributed by atoms with Gasteiger partial charge in [-0.2, -0.15) is 0 Å². The summed E-state index contributed by atoms with van der Waals surface area (Å²) in [4.78, 5) is 10.6. The molecular formula is C15H21ClO3. The number of aromatic hydroxyl groups is 1. The maximum Gasteiger partial charge on any atom is 0.247 e. The van der Waals surface area contributed by atoms with Crippen molar-refractivity contribution in [1.82, 2.24) is 0 Å². The molecule has 0 unspecified atom stereocenters. The van der Waals surface area contributed by atoms with Crippen molar-refractivity contribution < 1.29 is 14.6 Å². The maximum absolute atomic E-state index is 10.6. The Morgan fingerprint density at radius 3 is 2.47 bits per heavy atom. The minimum absolute atomic E-state index is 0.102. The predicted octanol–water partition coefficient (Wildman–Crippen LogP) is 3.53. The van der Waals surface area contributed by atoms with Crippen LogP contribution in [0.4, 0.5) is 0 Å². The van der Waals surface area contributed by atoms with Gasteiger partial charge in [-0.1, -0.05) is 27.7 Å². The first-order chi connectivity index (χ1) is 8.75. The molecule has 0 aliphatic carbocycles. The van der Waals surface area contributed by atoms with Crippen LogP contribution in [0.2, 0.25) is 0 Å². The monoisotopic (exact) mass is 284 g/mol. The lowest BCUT2D eigenvalue weighted by atomic mass is 9.84. The highest BCUT2D eigenvalue weighted by Gasteiger charge is 2.20. The molecule has 1 rings (SSSR count). The number of phenols is 1. The number of carbonyl (C=O) groups excluding carboxylic acids is 1.